The number of unbranched alkanes of at least 4 members (excludes halogenated alkanes) is 1. The van der Waals surface area contributed by atoms with Crippen molar-refractivity contribution in [2.75, 3.05) is 12.3 Å². The van der Waals surface area contributed by atoms with E-state index in [9.17, 15) is 13.2 Å². The zero-order chi connectivity index (χ0) is 15.3. The zero-order valence-electron chi connectivity index (χ0n) is 11.4. The summed E-state index contributed by atoms with van der Waals surface area (Å²) >= 11 is 5.79. The lowest BCUT2D eigenvalue weighted by molar-refractivity contribution is 0.245. The predicted molar refractivity (Wildman–Crippen MR) is 79.2 cm³/mol. The van der Waals surface area contributed by atoms with Crippen LogP contribution in [0.1, 0.15) is 25.3 Å². The molecule has 0 aromatic heterocycles. The van der Waals surface area contributed by atoms with Crippen molar-refractivity contribution < 1.29 is 13.2 Å². The van der Waals surface area contributed by atoms with Crippen LogP contribution in [0, 0.1) is 6.92 Å². The second-order valence-electron chi connectivity index (χ2n) is 4.33. The van der Waals surface area contributed by atoms with Gasteiger partial charge in [0.25, 0.3) is 10.0 Å². The number of nitrogen functional groups attached to an aromatic ring is 1. The molecular weight excluding hydrogens is 302 g/mol. The minimum atomic E-state index is -4.00. The highest BCUT2D eigenvalue weighted by Crippen LogP contribution is 2.25. The Morgan fingerprint density at radius 3 is 2.65 bits per heavy atom. The van der Waals surface area contributed by atoms with Crippen molar-refractivity contribution in [2.24, 2.45) is 0 Å². The van der Waals surface area contributed by atoms with Gasteiger partial charge >= 0.3 is 6.03 Å². The number of urea groups is 1. The monoisotopic (exact) mass is 319 g/mol. The molecule has 0 unspecified atom stereocenters. The Labute approximate surface area is 123 Å². The number of hydrogen-bond acceptors (Lipinski definition) is 4. The van der Waals surface area contributed by atoms with Crippen LogP contribution in [0.5, 0.6) is 0 Å². The second-order valence-corrected chi connectivity index (χ2v) is 6.42. The summed E-state index contributed by atoms with van der Waals surface area (Å²) < 4.78 is 26.2. The van der Waals surface area contributed by atoms with Crippen LogP contribution < -0.4 is 15.8 Å². The Morgan fingerprint density at radius 2 is 2.05 bits per heavy atom. The number of halogens is 1. The lowest BCUT2D eigenvalue weighted by atomic mass is 10.2. The SMILES string of the molecule is CCCCNC(=O)NS(=O)(=O)c1cc(Cl)cc(N)c1C. The van der Waals surface area contributed by atoms with E-state index in [4.69, 9.17) is 17.3 Å². The predicted octanol–water partition coefficient (Wildman–Crippen LogP) is 2.02. The van der Waals surface area contributed by atoms with Crippen LogP contribution >= 0.6 is 11.6 Å². The van der Waals surface area contributed by atoms with E-state index in [-0.39, 0.29) is 15.6 Å². The lowest BCUT2D eigenvalue weighted by Gasteiger charge is -2.12. The van der Waals surface area contributed by atoms with Crippen LogP contribution in [-0.2, 0) is 10.0 Å². The molecule has 1 aromatic carbocycles. The smallest absolute Gasteiger partial charge is 0.328 e. The summed E-state index contributed by atoms with van der Waals surface area (Å²) in [7, 11) is -4.00. The largest absolute Gasteiger partial charge is 0.398 e. The fraction of sp³-hybridized carbons (Fsp3) is 0.417. The Hall–Kier alpha value is -1.47. The van der Waals surface area contributed by atoms with Crippen molar-refractivity contribution in [2.45, 2.75) is 31.6 Å². The second kappa shape index (κ2) is 6.81. The van der Waals surface area contributed by atoms with Crippen molar-refractivity contribution in [3.05, 3.63) is 22.7 Å². The maximum absolute atomic E-state index is 12.1. The number of sulfonamides is 1. The normalized spacial score (nSPS) is 11.2. The summed E-state index contributed by atoms with van der Waals surface area (Å²) in [5.74, 6) is 0. The number of rotatable bonds is 5. The van der Waals surface area contributed by atoms with Crippen molar-refractivity contribution in [3.8, 4) is 0 Å². The van der Waals surface area contributed by atoms with Gasteiger partial charge in [-0.2, -0.15) is 0 Å². The van der Waals surface area contributed by atoms with Crippen molar-refractivity contribution in [3.63, 3.8) is 0 Å². The molecule has 0 bridgehead atoms. The van der Waals surface area contributed by atoms with Gasteiger partial charge in [-0.1, -0.05) is 24.9 Å². The molecule has 0 fully saturated rings. The van der Waals surface area contributed by atoms with Crippen LogP contribution in [0.15, 0.2) is 17.0 Å². The molecular formula is C12H18ClN3O3S. The first kappa shape index (κ1) is 16.6. The fourth-order valence-electron chi connectivity index (χ4n) is 1.55. The quantitative estimate of drug-likeness (QED) is 0.571. The summed E-state index contributed by atoms with van der Waals surface area (Å²) in [6, 6.07) is 1.95. The van der Waals surface area contributed by atoms with Crippen LogP contribution in [0.4, 0.5) is 10.5 Å². The van der Waals surface area contributed by atoms with E-state index in [1.54, 1.807) is 6.92 Å². The Morgan fingerprint density at radius 1 is 1.40 bits per heavy atom. The number of nitrogens with one attached hydrogen (secondary N) is 2. The van der Waals surface area contributed by atoms with E-state index < -0.39 is 16.1 Å². The minimum absolute atomic E-state index is 0.104. The lowest BCUT2D eigenvalue weighted by Crippen LogP contribution is -2.40. The number of benzene rings is 1. The minimum Gasteiger partial charge on any atom is -0.398 e. The first-order valence-corrected chi connectivity index (χ1v) is 8.00. The number of hydrogen-bond donors (Lipinski definition) is 3. The van der Waals surface area contributed by atoms with Gasteiger partial charge in [-0.3, -0.25) is 0 Å². The molecule has 0 aliphatic heterocycles. The summed E-state index contributed by atoms with van der Waals surface area (Å²) in [4.78, 5) is 11.4. The fourth-order valence-corrected chi connectivity index (χ4v) is 3.07. The zero-order valence-corrected chi connectivity index (χ0v) is 12.9. The third-order valence-electron chi connectivity index (χ3n) is 2.70. The van der Waals surface area contributed by atoms with Crippen LogP contribution in [0.3, 0.4) is 0 Å². The summed E-state index contributed by atoms with van der Waals surface area (Å²) in [5, 5.41) is 2.66. The molecule has 2 amide bonds. The van der Waals surface area contributed by atoms with E-state index in [0.29, 0.717) is 12.1 Å². The molecule has 0 aliphatic carbocycles. The Kier molecular flexibility index (Phi) is 5.64. The van der Waals surface area contributed by atoms with E-state index >= 15 is 0 Å². The van der Waals surface area contributed by atoms with Gasteiger partial charge < -0.3 is 11.1 Å². The molecule has 0 saturated carbocycles. The van der Waals surface area contributed by atoms with Crippen molar-refractivity contribution in [1.82, 2.24) is 10.0 Å². The average Bonchev–Trinajstić information content (AvgIpc) is 2.33. The average molecular weight is 320 g/mol. The van der Waals surface area contributed by atoms with Gasteiger partial charge in [0.15, 0.2) is 0 Å². The Bertz CT molecular complexity index is 602. The van der Waals surface area contributed by atoms with Gasteiger partial charge in [-0.25, -0.2) is 17.9 Å². The first-order chi connectivity index (χ1) is 9.27. The third kappa shape index (κ3) is 4.28. The van der Waals surface area contributed by atoms with Crippen LogP contribution in [0.25, 0.3) is 0 Å². The molecule has 0 heterocycles. The van der Waals surface area contributed by atoms with Crippen LogP contribution in [0.2, 0.25) is 5.02 Å². The van der Waals surface area contributed by atoms with E-state index in [2.05, 4.69) is 5.32 Å². The van der Waals surface area contributed by atoms with Gasteiger partial charge in [0.2, 0.25) is 0 Å². The molecule has 20 heavy (non-hydrogen) atoms. The number of amides is 2. The van der Waals surface area contributed by atoms with E-state index in [0.717, 1.165) is 12.8 Å². The van der Waals surface area contributed by atoms with Gasteiger partial charge in [-0.05, 0) is 31.0 Å². The number of carbonyl (C=O) groups excluding carboxylic acids is 1. The summed E-state index contributed by atoms with van der Waals surface area (Å²) in [5.41, 5.74) is 6.27. The molecule has 0 saturated heterocycles. The number of nitrogens with two attached hydrogens (primary N) is 1. The molecule has 4 N–H and O–H groups in total. The molecule has 0 atom stereocenters. The molecule has 1 rings (SSSR count). The third-order valence-corrected chi connectivity index (χ3v) is 4.37. The van der Waals surface area contributed by atoms with Gasteiger partial charge in [0, 0.05) is 17.3 Å². The topological polar surface area (TPSA) is 101 Å². The van der Waals surface area contributed by atoms with Gasteiger partial charge in [0.1, 0.15) is 0 Å². The molecule has 8 heteroatoms. The highest BCUT2D eigenvalue weighted by atomic mass is 35.5. The summed E-state index contributed by atoms with van der Waals surface area (Å²) in [6.07, 6.45) is 1.67. The highest BCUT2D eigenvalue weighted by molar-refractivity contribution is 7.90. The molecule has 112 valence electrons. The maximum atomic E-state index is 12.1. The standard InChI is InChI=1S/C12H18ClN3O3S/c1-3-4-5-15-12(17)16-20(18,19)11-7-9(13)6-10(14)8(11)2/h6-7H,3-5,14H2,1-2H3,(H2,15,16,17). The van der Waals surface area contributed by atoms with Gasteiger partial charge in [0.05, 0.1) is 4.90 Å². The van der Waals surface area contributed by atoms with E-state index in [1.807, 2.05) is 11.6 Å². The molecule has 6 nitrogen and oxygen atoms in total. The first-order valence-electron chi connectivity index (χ1n) is 6.14. The molecule has 0 spiro atoms. The van der Waals surface area contributed by atoms with Crippen molar-refractivity contribution >= 4 is 33.3 Å². The van der Waals surface area contributed by atoms with E-state index in [1.165, 1.54) is 12.1 Å². The highest BCUT2D eigenvalue weighted by Gasteiger charge is 2.21. The molecule has 1 aromatic rings. The molecule has 0 aliphatic rings. The maximum Gasteiger partial charge on any atom is 0.328 e. The van der Waals surface area contributed by atoms with Crippen molar-refractivity contribution in [1.29, 1.82) is 0 Å². The number of carbonyl (C=O) groups is 1. The Balaban J connectivity index is 2.92. The number of anilines is 1. The van der Waals surface area contributed by atoms with Crippen LogP contribution in [-0.4, -0.2) is 21.0 Å². The summed E-state index contributed by atoms with van der Waals surface area (Å²) in [6.45, 7) is 3.93. The van der Waals surface area contributed by atoms with Gasteiger partial charge in [-0.15, -0.1) is 0 Å². The molecule has 0 radical (unpaired) electrons.